The van der Waals surface area contributed by atoms with Crippen molar-refractivity contribution in [2.75, 3.05) is 0 Å². The molecule has 5 rings (SSSR count). The lowest BCUT2D eigenvalue weighted by Gasteiger charge is -2.45. The van der Waals surface area contributed by atoms with Crippen molar-refractivity contribution < 1.29 is 4.74 Å². The molecular formula is C12H8Cl6O. The molecule has 1 aliphatic heterocycles. The number of halogens is 6. The summed E-state index contributed by atoms with van der Waals surface area (Å²) in [7, 11) is 0. The smallest absolute Gasteiger partial charge is 0.117 e. The predicted octanol–water partition coefficient (Wildman–Crippen LogP) is 4.01. The summed E-state index contributed by atoms with van der Waals surface area (Å²) in [6.45, 7) is 0. The van der Waals surface area contributed by atoms with Gasteiger partial charge in [-0.3, -0.25) is 0 Å². The lowest BCUT2D eigenvalue weighted by Crippen LogP contribution is -2.59. The van der Waals surface area contributed by atoms with Crippen LogP contribution in [0, 0.1) is 0 Å². The molecule has 1 heterocycles. The number of fused-ring (bicyclic) bond motifs is 8. The first-order valence-corrected chi connectivity index (χ1v) is 8.45. The molecule has 0 aromatic carbocycles. The maximum Gasteiger partial charge on any atom is 0.117 e. The molecule has 8 atom stereocenters. The zero-order valence-corrected chi connectivity index (χ0v) is 13.9. The molecule has 0 spiro atoms. The number of hydrogen-bond acceptors (Lipinski definition) is 1. The van der Waals surface area contributed by atoms with Gasteiger partial charge in [-0.05, 0) is 18.4 Å². The van der Waals surface area contributed by atoms with Gasteiger partial charge in [-0.25, -0.2) is 0 Å². The van der Waals surface area contributed by atoms with E-state index in [9.17, 15) is 0 Å². The van der Waals surface area contributed by atoms with Crippen molar-refractivity contribution >= 4 is 69.6 Å². The molecule has 0 N–H and O–H groups in total. The number of ether oxygens (including phenoxy) is 1. The third-order valence-corrected chi connectivity index (χ3v) is 10.0. The summed E-state index contributed by atoms with van der Waals surface area (Å²) < 4.78 is 5.65. The quantitative estimate of drug-likeness (QED) is 0.351. The van der Waals surface area contributed by atoms with Gasteiger partial charge < -0.3 is 4.74 Å². The van der Waals surface area contributed by atoms with Crippen LogP contribution in [-0.2, 0) is 4.74 Å². The van der Waals surface area contributed by atoms with E-state index in [0.29, 0.717) is 12.8 Å². The van der Waals surface area contributed by atoms with Crippen LogP contribution in [0.4, 0.5) is 0 Å². The van der Waals surface area contributed by atoms with E-state index in [1.54, 1.807) is 0 Å². The Morgan fingerprint density at radius 1 is 1.00 bits per heavy atom. The highest BCUT2D eigenvalue weighted by Gasteiger charge is 2.99. The molecule has 104 valence electrons. The molecule has 5 aliphatic rings. The van der Waals surface area contributed by atoms with Crippen molar-refractivity contribution in [1.82, 2.24) is 0 Å². The van der Waals surface area contributed by atoms with Gasteiger partial charge in [0.05, 0.1) is 24.9 Å². The van der Waals surface area contributed by atoms with Crippen LogP contribution in [0.5, 0.6) is 0 Å². The van der Waals surface area contributed by atoms with E-state index in [1.165, 1.54) is 0 Å². The van der Waals surface area contributed by atoms with Crippen LogP contribution in [0.15, 0.2) is 11.6 Å². The van der Waals surface area contributed by atoms with Crippen molar-refractivity contribution in [2.45, 2.75) is 54.8 Å². The van der Waals surface area contributed by atoms with E-state index in [1.807, 2.05) is 6.08 Å². The van der Waals surface area contributed by atoms with Gasteiger partial charge in [0.2, 0.25) is 0 Å². The first kappa shape index (κ1) is 12.9. The molecule has 3 saturated carbocycles. The van der Waals surface area contributed by atoms with Crippen LogP contribution in [0.3, 0.4) is 0 Å². The van der Waals surface area contributed by atoms with Gasteiger partial charge in [0.15, 0.2) is 0 Å². The second-order valence-corrected chi connectivity index (χ2v) is 10.00. The third kappa shape index (κ3) is 0.986. The maximum atomic E-state index is 6.92. The Hall–Kier alpha value is 1.44. The Balaban J connectivity index is 1.79. The maximum absolute atomic E-state index is 6.92. The Labute approximate surface area is 140 Å². The largest absolute Gasteiger partial charge is 0.365 e. The van der Waals surface area contributed by atoms with E-state index in [2.05, 4.69) is 0 Å². The highest BCUT2D eigenvalue weighted by atomic mass is 35.5. The van der Waals surface area contributed by atoms with E-state index in [0.717, 1.165) is 5.57 Å². The zero-order valence-electron chi connectivity index (χ0n) is 9.40. The fourth-order valence-corrected chi connectivity index (χ4v) is 7.82. The van der Waals surface area contributed by atoms with Gasteiger partial charge in [-0.2, -0.15) is 0 Å². The molecule has 0 bridgehead atoms. The van der Waals surface area contributed by atoms with Crippen molar-refractivity contribution in [3.8, 4) is 0 Å². The average molecular weight is 381 g/mol. The number of rotatable bonds is 0. The normalized spacial score (nSPS) is 75.1. The summed E-state index contributed by atoms with van der Waals surface area (Å²) in [4.78, 5) is -3.92. The Bertz CT molecular complexity index is 581. The molecule has 4 fully saturated rings. The van der Waals surface area contributed by atoms with Crippen molar-refractivity contribution in [2.24, 2.45) is 0 Å². The fraction of sp³-hybridized carbons (Fsp3) is 0.833. The highest BCUT2D eigenvalue weighted by molar-refractivity contribution is 6.55. The molecule has 4 aliphatic carbocycles. The minimum absolute atomic E-state index is 0.0955. The lowest BCUT2D eigenvalue weighted by atomic mass is 9.75. The number of hydrogen-bond donors (Lipinski definition) is 0. The molecule has 0 radical (unpaired) electrons. The predicted molar refractivity (Wildman–Crippen MR) is 78.5 cm³/mol. The van der Waals surface area contributed by atoms with E-state index >= 15 is 0 Å². The first-order chi connectivity index (χ1) is 8.66. The molecule has 1 nitrogen and oxygen atoms in total. The van der Waals surface area contributed by atoms with Crippen LogP contribution in [0.2, 0.25) is 0 Å². The minimum atomic E-state index is -0.886. The van der Waals surface area contributed by atoms with Gasteiger partial charge in [0.25, 0.3) is 0 Å². The summed E-state index contributed by atoms with van der Waals surface area (Å²) in [6.07, 6.45) is 2.69. The number of epoxide rings is 1. The Kier molecular flexibility index (Phi) is 2.00. The Morgan fingerprint density at radius 2 is 1.68 bits per heavy atom. The molecule has 1 saturated heterocycles. The summed E-state index contributed by atoms with van der Waals surface area (Å²) in [5.74, 6) is 0. The van der Waals surface area contributed by atoms with Gasteiger partial charge in [-0.1, -0.05) is 6.08 Å². The van der Waals surface area contributed by atoms with Gasteiger partial charge in [-0.15, -0.1) is 69.6 Å². The summed E-state index contributed by atoms with van der Waals surface area (Å²) >= 11 is 40.1. The van der Waals surface area contributed by atoms with Crippen LogP contribution in [-0.4, -0.2) is 42.0 Å². The fourth-order valence-electron chi connectivity index (χ4n) is 4.29. The summed E-state index contributed by atoms with van der Waals surface area (Å²) in [5, 5.41) is -0.231. The molecule has 7 heteroatoms. The lowest BCUT2D eigenvalue weighted by molar-refractivity contribution is 0.331. The van der Waals surface area contributed by atoms with Crippen LogP contribution < -0.4 is 0 Å². The van der Waals surface area contributed by atoms with Crippen LogP contribution >= 0.6 is 69.6 Å². The van der Waals surface area contributed by atoms with Crippen LogP contribution in [0.1, 0.15) is 12.8 Å². The molecule has 8 unspecified atom stereocenters. The van der Waals surface area contributed by atoms with E-state index in [-0.39, 0.29) is 17.6 Å². The third-order valence-electron chi connectivity index (χ3n) is 5.56. The average Bonchev–Trinajstić information content (AvgIpc) is 3.20. The molecule has 19 heavy (non-hydrogen) atoms. The van der Waals surface area contributed by atoms with E-state index in [4.69, 9.17) is 74.3 Å². The highest BCUT2D eigenvalue weighted by Crippen LogP contribution is 2.89. The SMILES string of the molecule is ClC1C=C2C3(Cl)CC3(Cl)C3(Cl)CC3(Cl)C2(Cl)C2OC12. The molecule has 0 aromatic rings. The van der Waals surface area contributed by atoms with Gasteiger partial charge in [0, 0.05) is 0 Å². The topological polar surface area (TPSA) is 12.5 Å². The second-order valence-electron chi connectivity index (χ2n) is 6.32. The molecule has 0 aromatic heterocycles. The second kappa shape index (κ2) is 2.94. The van der Waals surface area contributed by atoms with Crippen molar-refractivity contribution in [3.63, 3.8) is 0 Å². The molecular weight excluding hydrogens is 373 g/mol. The minimum Gasteiger partial charge on any atom is -0.365 e. The standard InChI is InChI=1S/C12H8Cl6O/c13-4-1-5-8(14)2-9(8,15)10(16)3-11(10,17)12(5,18)7-6(4)19-7/h1,4,6-7H,2-3H2. The van der Waals surface area contributed by atoms with Crippen molar-refractivity contribution in [3.05, 3.63) is 11.6 Å². The van der Waals surface area contributed by atoms with Crippen molar-refractivity contribution in [1.29, 1.82) is 0 Å². The van der Waals surface area contributed by atoms with E-state index < -0.39 is 24.4 Å². The monoisotopic (exact) mass is 378 g/mol. The number of alkyl halides is 6. The van der Waals surface area contributed by atoms with Gasteiger partial charge >= 0.3 is 0 Å². The summed E-state index contributed by atoms with van der Waals surface area (Å²) in [6, 6.07) is 0. The first-order valence-electron chi connectivity index (χ1n) is 6.13. The van der Waals surface area contributed by atoms with Crippen LogP contribution in [0.25, 0.3) is 0 Å². The van der Waals surface area contributed by atoms with Gasteiger partial charge in [0.1, 0.15) is 17.1 Å². The summed E-state index contributed by atoms with van der Waals surface area (Å²) in [5.41, 5.74) is 0.820. The Morgan fingerprint density at radius 3 is 2.37 bits per heavy atom. The zero-order chi connectivity index (χ0) is 13.6. The molecule has 0 amide bonds.